The number of aromatic nitrogens is 4. The van der Waals surface area contributed by atoms with E-state index < -0.39 is 0 Å². The fourth-order valence-corrected chi connectivity index (χ4v) is 2.40. The Hall–Kier alpha value is -2.63. The van der Waals surface area contributed by atoms with Crippen LogP contribution in [-0.2, 0) is 0 Å². The molecule has 0 spiro atoms. The molecule has 2 N–H and O–H groups in total. The maximum Gasteiger partial charge on any atom is 0.279 e. The van der Waals surface area contributed by atoms with Crippen LogP contribution in [0.2, 0.25) is 0 Å². The average molecular weight is 297 g/mol. The van der Waals surface area contributed by atoms with Gasteiger partial charge in [0.25, 0.3) is 5.56 Å². The smallest absolute Gasteiger partial charge is 0.279 e. The van der Waals surface area contributed by atoms with E-state index in [4.69, 9.17) is 0 Å². The number of hydrogen-bond donors (Lipinski definition) is 2. The molecular weight excluding hydrogens is 278 g/mol. The first-order chi connectivity index (χ1) is 10.5. The van der Waals surface area contributed by atoms with Gasteiger partial charge in [0.05, 0.1) is 5.69 Å². The third kappa shape index (κ3) is 2.36. The normalized spacial score (nSPS) is 11.3. The highest BCUT2D eigenvalue weighted by atomic mass is 16.1. The first-order valence-electron chi connectivity index (χ1n) is 7.23. The predicted octanol–water partition coefficient (Wildman–Crippen LogP) is 2.50. The maximum atomic E-state index is 12.2. The Morgan fingerprint density at radius 3 is 2.64 bits per heavy atom. The second kappa shape index (κ2) is 5.29. The lowest BCUT2D eigenvalue weighted by molar-refractivity contribution is 0.815. The standard InChI is InChI=1S/C16H19N5O/c1-9(2)12-13-14(20-19-12)16(22)18-15(17-13)10-6-5-7-11(8-10)21(3)4/h5-9H,1-4H3,(H,19,20)(H,17,18,22). The highest BCUT2D eigenvalue weighted by Crippen LogP contribution is 2.24. The number of nitrogens with one attached hydrogen (secondary N) is 2. The van der Waals surface area contributed by atoms with Crippen LogP contribution in [0.1, 0.15) is 25.5 Å². The molecule has 0 unspecified atom stereocenters. The summed E-state index contributed by atoms with van der Waals surface area (Å²) in [7, 11) is 3.96. The SMILES string of the molecule is CC(C)c1[nH]nc2c(=O)[nH]c(-c3cccc(N(C)C)c3)nc12. The van der Waals surface area contributed by atoms with Crippen LogP contribution in [0.5, 0.6) is 0 Å². The molecule has 0 aliphatic carbocycles. The van der Waals surface area contributed by atoms with E-state index >= 15 is 0 Å². The molecule has 0 bridgehead atoms. The molecule has 0 saturated carbocycles. The van der Waals surface area contributed by atoms with E-state index in [1.165, 1.54) is 0 Å². The number of aromatic amines is 2. The van der Waals surface area contributed by atoms with E-state index in [2.05, 4.69) is 20.2 Å². The molecule has 0 amide bonds. The van der Waals surface area contributed by atoms with Crippen LogP contribution >= 0.6 is 0 Å². The van der Waals surface area contributed by atoms with Crippen molar-refractivity contribution in [2.24, 2.45) is 0 Å². The van der Waals surface area contributed by atoms with Crippen LogP contribution < -0.4 is 10.5 Å². The summed E-state index contributed by atoms with van der Waals surface area (Å²) < 4.78 is 0. The lowest BCUT2D eigenvalue weighted by Crippen LogP contribution is -2.11. The van der Waals surface area contributed by atoms with Crippen LogP contribution in [0.25, 0.3) is 22.4 Å². The molecule has 1 aromatic carbocycles. The van der Waals surface area contributed by atoms with Crippen LogP contribution in [0.3, 0.4) is 0 Å². The van der Waals surface area contributed by atoms with Gasteiger partial charge in [-0.25, -0.2) is 4.98 Å². The maximum absolute atomic E-state index is 12.2. The molecule has 0 fully saturated rings. The molecule has 2 heterocycles. The molecule has 3 rings (SSSR count). The molecule has 0 radical (unpaired) electrons. The van der Waals surface area contributed by atoms with Crippen molar-refractivity contribution in [1.82, 2.24) is 20.2 Å². The zero-order valence-corrected chi connectivity index (χ0v) is 13.1. The van der Waals surface area contributed by atoms with Crippen LogP contribution in [0.4, 0.5) is 5.69 Å². The minimum Gasteiger partial charge on any atom is -0.378 e. The molecule has 2 aromatic heterocycles. The molecule has 0 aliphatic rings. The third-order valence-electron chi connectivity index (χ3n) is 3.65. The molecule has 6 nitrogen and oxygen atoms in total. The van der Waals surface area contributed by atoms with E-state index in [1.807, 2.05) is 57.1 Å². The second-order valence-electron chi connectivity index (χ2n) is 5.85. The number of nitrogens with zero attached hydrogens (tertiary/aromatic N) is 3. The van der Waals surface area contributed by atoms with E-state index in [9.17, 15) is 4.79 Å². The zero-order chi connectivity index (χ0) is 15.9. The highest BCUT2D eigenvalue weighted by molar-refractivity contribution is 5.79. The number of hydrogen-bond acceptors (Lipinski definition) is 4. The minimum absolute atomic E-state index is 0.222. The van der Waals surface area contributed by atoms with Gasteiger partial charge in [-0.2, -0.15) is 5.10 Å². The Kier molecular flexibility index (Phi) is 3.44. The molecule has 114 valence electrons. The number of rotatable bonds is 3. The second-order valence-corrected chi connectivity index (χ2v) is 5.85. The van der Waals surface area contributed by atoms with E-state index in [0.29, 0.717) is 16.9 Å². The molecule has 0 aliphatic heterocycles. The highest BCUT2D eigenvalue weighted by Gasteiger charge is 2.15. The van der Waals surface area contributed by atoms with Crippen molar-refractivity contribution in [3.8, 4) is 11.4 Å². The van der Waals surface area contributed by atoms with Crippen LogP contribution in [0.15, 0.2) is 29.1 Å². The topological polar surface area (TPSA) is 77.7 Å². The average Bonchev–Trinajstić information content (AvgIpc) is 2.92. The van der Waals surface area contributed by atoms with Crippen molar-refractivity contribution in [2.45, 2.75) is 19.8 Å². The summed E-state index contributed by atoms with van der Waals surface area (Å²) in [5, 5.41) is 7.00. The Labute approximate surface area is 128 Å². The summed E-state index contributed by atoms with van der Waals surface area (Å²) in [6.07, 6.45) is 0. The van der Waals surface area contributed by atoms with Gasteiger partial charge in [-0.15, -0.1) is 0 Å². The first-order valence-corrected chi connectivity index (χ1v) is 7.23. The lowest BCUT2D eigenvalue weighted by Gasteiger charge is -2.13. The van der Waals surface area contributed by atoms with Gasteiger partial charge in [-0.05, 0) is 18.1 Å². The number of H-pyrrole nitrogens is 2. The van der Waals surface area contributed by atoms with Gasteiger partial charge in [0.1, 0.15) is 11.3 Å². The molecule has 0 saturated heterocycles. The Morgan fingerprint density at radius 1 is 1.18 bits per heavy atom. The van der Waals surface area contributed by atoms with Crippen molar-refractivity contribution in [2.75, 3.05) is 19.0 Å². The van der Waals surface area contributed by atoms with Gasteiger partial charge in [0, 0.05) is 25.3 Å². The minimum atomic E-state index is -0.224. The summed E-state index contributed by atoms with van der Waals surface area (Å²) in [4.78, 5) is 21.7. The van der Waals surface area contributed by atoms with Gasteiger partial charge < -0.3 is 9.88 Å². The predicted molar refractivity (Wildman–Crippen MR) is 88.4 cm³/mol. The Bertz CT molecular complexity index is 876. The molecule has 22 heavy (non-hydrogen) atoms. The van der Waals surface area contributed by atoms with Crippen LogP contribution in [-0.4, -0.2) is 34.3 Å². The van der Waals surface area contributed by atoms with Gasteiger partial charge in [0.2, 0.25) is 0 Å². The largest absolute Gasteiger partial charge is 0.378 e. The van der Waals surface area contributed by atoms with Gasteiger partial charge >= 0.3 is 0 Å². The third-order valence-corrected chi connectivity index (χ3v) is 3.65. The molecule has 6 heteroatoms. The van der Waals surface area contributed by atoms with E-state index in [1.54, 1.807) is 0 Å². The molecule has 0 atom stereocenters. The molecule has 3 aromatic rings. The zero-order valence-electron chi connectivity index (χ0n) is 13.1. The lowest BCUT2D eigenvalue weighted by atomic mass is 10.1. The van der Waals surface area contributed by atoms with E-state index in [-0.39, 0.29) is 11.5 Å². The van der Waals surface area contributed by atoms with Gasteiger partial charge in [-0.3, -0.25) is 9.89 Å². The summed E-state index contributed by atoms with van der Waals surface area (Å²) in [5.41, 5.74) is 3.59. The summed E-state index contributed by atoms with van der Waals surface area (Å²) >= 11 is 0. The monoisotopic (exact) mass is 297 g/mol. The first kappa shape index (κ1) is 14.3. The van der Waals surface area contributed by atoms with Crippen LogP contribution in [0, 0.1) is 0 Å². The fraction of sp³-hybridized carbons (Fsp3) is 0.312. The van der Waals surface area contributed by atoms with Crippen molar-refractivity contribution < 1.29 is 0 Å². The fourth-order valence-electron chi connectivity index (χ4n) is 2.40. The number of benzene rings is 1. The summed E-state index contributed by atoms with van der Waals surface area (Å²) in [6, 6.07) is 7.90. The van der Waals surface area contributed by atoms with Crippen molar-refractivity contribution in [3.63, 3.8) is 0 Å². The van der Waals surface area contributed by atoms with Crippen molar-refractivity contribution >= 4 is 16.7 Å². The van der Waals surface area contributed by atoms with Crippen molar-refractivity contribution in [3.05, 3.63) is 40.3 Å². The van der Waals surface area contributed by atoms with E-state index in [0.717, 1.165) is 16.9 Å². The number of anilines is 1. The Morgan fingerprint density at radius 2 is 1.95 bits per heavy atom. The molecular formula is C16H19N5O. The van der Waals surface area contributed by atoms with Gasteiger partial charge in [0.15, 0.2) is 5.52 Å². The quantitative estimate of drug-likeness (QED) is 0.778. The van der Waals surface area contributed by atoms with Crippen molar-refractivity contribution in [1.29, 1.82) is 0 Å². The summed E-state index contributed by atoms with van der Waals surface area (Å²) in [5.74, 6) is 0.782. The summed E-state index contributed by atoms with van der Waals surface area (Å²) in [6.45, 7) is 4.09. The van der Waals surface area contributed by atoms with Gasteiger partial charge in [-0.1, -0.05) is 26.0 Å². The number of fused-ring (bicyclic) bond motifs is 1. The Balaban J connectivity index is 2.21.